The predicted octanol–water partition coefficient (Wildman–Crippen LogP) is 1.80. The van der Waals surface area contributed by atoms with Crippen molar-refractivity contribution in [3.8, 4) is 0 Å². The first-order chi connectivity index (χ1) is 10.6. The van der Waals surface area contributed by atoms with Gasteiger partial charge in [-0.05, 0) is 17.7 Å². The lowest BCUT2D eigenvalue weighted by Crippen LogP contribution is -2.20. The zero-order chi connectivity index (χ0) is 15.7. The van der Waals surface area contributed by atoms with Crippen LogP contribution in [0.15, 0.2) is 57.7 Å². The zero-order valence-electron chi connectivity index (χ0n) is 11.8. The first-order valence-electron chi connectivity index (χ1n) is 6.70. The van der Waals surface area contributed by atoms with Crippen LogP contribution in [0, 0.1) is 0 Å². The molecule has 6 heteroatoms. The average molecular weight is 298 g/mol. The van der Waals surface area contributed by atoms with Crippen LogP contribution in [0.3, 0.4) is 0 Å². The Hall–Kier alpha value is -2.86. The van der Waals surface area contributed by atoms with Gasteiger partial charge in [0.1, 0.15) is 0 Å². The molecule has 0 aliphatic carbocycles. The van der Waals surface area contributed by atoms with Gasteiger partial charge in [0.2, 0.25) is 0 Å². The van der Waals surface area contributed by atoms with Gasteiger partial charge in [-0.3, -0.25) is 9.36 Å². The Kier molecular flexibility index (Phi) is 3.52. The van der Waals surface area contributed by atoms with Gasteiger partial charge in [-0.15, -0.1) is 0 Å². The Morgan fingerprint density at radius 2 is 1.95 bits per heavy atom. The number of carbonyl (C=O) groups excluding carboxylic acids is 1. The Bertz CT molecular complexity index is 880. The van der Waals surface area contributed by atoms with Crippen molar-refractivity contribution in [2.75, 3.05) is 5.32 Å². The highest BCUT2D eigenvalue weighted by Gasteiger charge is 2.17. The monoisotopic (exact) mass is 298 g/mol. The van der Waals surface area contributed by atoms with Gasteiger partial charge in [0, 0.05) is 18.8 Å². The number of amides is 1. The molecule has 22 heavy (non-hydrogen) atoms. The van der Waals surface area contributed by atoms with E-state index in [-0.39, 0.29) is 0 Å². The second-order valence-corrected chi connectivity index (χ2v) is 4.91. The number of aromatic nitrogens is 1. The maximum atomic E-state index is 12.1. The average Bonchev–Trinajstić information content (AvgIpc) is 2.81. The maximum absolute atomic E-state index is 12.1. The molecule has 0 aliphatic rings. The minimum atomic E-state index is -1.26. The third kappa shape index (κ3) is 2.51. The van der Waals surface area contributed by atoms with Crippen molar-refractivity contribution in [3.63, 3.8) is 0 Å². The van der Waals surface area contributed by atoms with Crippen LogP contribution in [0.25, 0.3) is 11.1 Å². The third-order valence-electron chi connectivity index (χ3n) is 3.42. The summed E-state index contributed by atoms with van der Waals surface area (Å²) in [7, 11) is 1.60. The van der Waals surface area contributed by atoms with Crippen LogP contribution >= 0.6 is 0 Å². The van der Waals surface area contributed by atoms with E-state index in [9.17, 15) is 14.7 Å². The van der Waals surface area contributed by atoms with Crippen molar-refractivity contribution in [1.29, 1.82) is 0 Å². The number of aliphatic hydroxyl groups is 1. The van der Waals surface area contributed by atoms with Crippen LogP contribution < -0.4 is 11.1 Å². The molecule has 1 aromatic heterocycles. The number of anilines is 1. The number of nitrogens with one attached hydrogen (secondary N) is 1. The molecule has 3 aromatic rings. The summed E-state index contributed by atoms with van der Waals surface area (Å²) in [5.41, 5.74) is 1.96. The van der Waals surface area contributed by atoms with Gasteiger partial charge >= 0.3 is 5.76 Å². The summed E-state index contributed by atoms with van der Waals surface area (Å²) in [6.45, 7) is 0. The Balaban J connectivity index is 1.83. The largest absolute Gasteiger partial charge is 0.419 e. The van der Waals surface area contributed by atoms with E-state index in [4.69, 9.17) is 4.42 Å². The second-order valence-electron chi connectivity index (χ2n) is 4.91. The van der Waals surface area contributed by atoms with Crippen LogP contribution in [0.2, 0.25) is 0 Å². The first-order valence-corrected chi connectivity index (χ1v) is 6.70. The normalized spacial score (nSPS) is 12.3. The Morgan fingerprint density at radius 1 is 1.23 bits per heavy atom. The molecule has 0 radical (unpaired) electrons. The quantitative estimate of drug-likeness (QED) is 0.772. The number of aryl methyl sites for hydroxylation is 1. The predicted molar refractivity (Wildman–Crippen MR) is 81.5 cm³/mol. The molecule has 6 nitrogen and oxygen atoms in total. The Morgan fingerprint density at radius 3 is 2.68 bits per heavy atom. The Labute approximate surface area is 125 Å². The lowest BCUT2D eigenvalue weighted by atomic mass is 10.1. The summed E-state index contributed by atoms with van der Waals surface area (Å²) in [6, 6.07) is 13.5. The highest BCUT2D eigenvalue weighted by molar-refractivity contribution is 5.96. The molecule has 0 aliphatic heterocycles. The number of hydrogen-bond acceptors (Lipinski definition) is 4. The number of nitrogens with zero attached hydrogens (tertiary/aromatic N) is 1. The third-order valence-corrected chi connectivity index (χ3v) is 3.42. The fourth-order valence-corrected chi connectivity index (χ4v) is 2.21. The van der Waals surface area contributed by atoms with Crippen LogP contribution in [-0.4, -0.2) is 15.6 Å². The molecule has 112 valence electrons. The minimum Gasteiger partial charge on any atom is -0.408 e. The van der Waals surface area contributed by atoms with Crippen LogP contribution in [0.4, 0.5) is 5.69 Å². The number of fused-ring (bicyclic) bond motifs is 1. The van der Waals surface area contributed by atoms with Crippen molar-refractivity contribution >= 4 is 22.7 Å². The van der Waals surface area contributed by atoms with Crippen LogP contribution in [-0.2, 0) is 11.8 Å². The molecular weight excluding hydrogens is 284 g/mol. The van der Waals surface area contributed by atoms with E-state index < -0.39 is 17.8 Å². The van der Waals surface area contributed by atoms with Crippen molar-refractivity contribution in [3.05, 3.63) is 64.6 Å². The molecule has 1 heterocycles. The zero-order valence-corrected chi connectivity index (χ0v) is 11.8. The molecule has 0 spiro atoms. The number of rotatable bonds is 3. The summed E-state index contributed by atoms with van der Waals surface area (Å²) in [5.74, 6) is -1.02. The number of aliphatic hydroxyl groups excluding tert-OH is 1. The van der Waals surface area contributed by atoms with Gasteiger partial charge in [-0.25, -0.2) is 4.79 Å². The minimum absolute atomic E-state index is 0.375. The van der Waals surface area contributed by atoms with Gasteiger partial charge in [0.15, 0.2) is 11.7 Å². The van der Waals surface area contributed by atoms with Gasteiger partial charge in [0.05, 0.1) is 5.52 Å². The van der Waals surface area contributed by atoms with E-state index >= 15 is 0 Å². The van der Waals surface area contributed by atoms with Crippen molar-refractivity contribution in [1.82, 2.24) is 4.57 Å². The fraction of sp³-hybridized carbons (Fsp3) is 0.125. The maximum Gasteiger partial charge on any atom is 0.419 e. The summed E-state index contributed by atoms with van der Waals surface area (Å²) in [4.78, 5) is 23.5. The first kappa shape index (κ1) is 14.1. The summed E-state index contributed by atoms with van der Waals surface area (Å²) >= 11 is 0. The molecule has 0 fully saturated rings. The van der Waals surface area contributed by atoms with Gasteiger partial charge in [-0.2, -0.15) is 0 Å². The number of hydrogen-bond donors (Lipinski definition) is 2. The van der Waals surface area contributed by atoms with E-state index in [1.807, 2.05) is 0 Å². The van der Waals surface area contributed by atoms with E-state index in [0.717, 1.165) is 0 Å². The van der Waals surface area contributed by atoms with E-state index in [2.05, 4.69) is 5.32 Å². The molecule has 1 unspecified atom stereocenters. The molecule has 0 bridgehead atoms. The molecule has 2 N–H and O–H groups in total. The van der Waals surface area contributed by atoms with Gasteiger partial charge in [-0.1, -0.05) is 30.3 Å². The fourth-order valence-electron chi connectivity index (χ4n) is 2.21. The molecule has 0 saturated carbocycles. The van der Waals surface area contributed by atoms with Crippen molar-refractivity contribution in [2.45, 2.75) is 6.10 Å². The standard InChI is InChI=1S/C16H14N2O4/c1-18-12-8-7-11(9-13(12)22-16(18)21)17-15(20)14(19)10-5-3-2-4-6-10/h2-9,14,19H,1H3,(H,17,20). The van der Waals surface area contributed by atoms with Gasteiger partial charge in [0.25, 0.3) is 5.91 Å². The van der Waals surface area contributed by atoms with Crippen LogP contribution in [0.5, 0.6) is 0 Å². The number of oxazole rings is 1. The molecule has 0 saturated heterocycles. The molecule has 1 amide bonds. The topological polar surface area (TPSA) is 84.5 Å². The summed E-state index contributed by atoms with van der Waals surface area (Å²) in [5, 5.41) is 12.6. The van der Waals surface area contributed by atoms with E-state index in [0.29, 0.717) is 22.4 Å². The van der Waals surface area contributed by atoms with Gasteiger partial charge < -0.3 is 14.8 Å². The molecule has 1 atom stereocenters. The van der Waals surface area contributed by atoms with Crippen molar-refractivity contribution in [2.24, 2.45) is 7.05 Å². The highest BCUT2D eigenvalue weighted by Crippen LogP contribution is 2.20. The lowest BCUT2D eigenvalue weighted by molar-refractivity contribution is -0.124. The van der Waals surface area contributed by atoms with E-state index in [1.54, 1.807) is 55.6 Å². The second kappa shape index (κ2) is 5.50. The lowest BCUT2D eigenvalue weighted by Gasteiger charge is -2.11. The van der Waals surface area contributed by atoms with Crippen LogP contribution in [0.1, 0.15) is 11.7 Å². The molecule has 2 aromatic carbocycles. The SMILES string of the molecule is Cn1c(=O)oc2cc(NC(=O)C(O)c3ccccc3)ccc21. The van der Waals surface area contributed by atoms with E-state index in [1.165, 1.54) is 4.57 Å². The smallest absolute Gasteiger partial charge is 0.408 e. The molecule has 3 rings (SSSR count). The highest BCUT2D eigenvalue weighted by atomic mass is 16.4. The molecular formula is C16H14N2O4. The summed E-state index contributed by atoms with van der Waals surface area (Å²) < 4.78 is 6.43. The van der Waals surface area contributed by atoms with Crippen molar-refractivity contribution < 1.29 is 14.3 Å². The summed E-state index contributed by atoms with van der Waals surface area (Å²) in [6.07, 6.45) is -1.26. The number of carbonyl (C=O) groups is 1. The number of benzene rings is 2.